The Morgan fingerprint density at radius 1 is 0.536 bits per heavy atom. The SMILES string of the molecule is CC(C)(C)c1ccc(-n2c(-c3cc(C(C)(C)C)ccc3O)nc3c(-c4[c-]c(-c5cccc6cccnc56)ccc4)cc(C(C)(C)c4ccccc4)cc32)cc1.[Pt]. The quantitative estimate of drug-likeness (QED) is 0.169. The first kappa shape index (κ1) is 38.9. The number of phenols is 1. The van der Waals surface area contributed by atoms with Gasteiger partial charge in [0.15, 0.2) is 0 Å². The summed E-state index contributed by atoms with van der Waals surface area (Å²) < 4.78 is 2.23. The molecule has 8 aromatic rings. The second kappa shape index (κ2) is 14.6. The third-order valence-electron chi connectivity index (χ3n) is 11.1. The molecule has 1 N–H and O–H groups in total. The Labute approximate surface area is 345 Å². The molecule has 0 amide bonds. The standard InChI is InChI=1S/C51H48N3O.Pt/c1-49(2,3)36-22-25-40(26-23-36)54-44-32-39(51(7,8)37-19-10-9-11-20-37)31-42(47(44)53-48(54)43-30-38(50(4,5)6)24-27-45(43)55)35-17-12-16-34(29-35)41-21-13-15-33-18-14-28-52-46(33)41;/h9-28,30-32,55H,1-8H3;/q-1;. The normalized spacial score (nSPS) is 12.2. The number of pyridine rings is 1. The topological polar surface area (TPSA) is 50.9 Å². The van der Waals surface area contributed by atoms with E-state index in [2.05, 4.69) is 181 Å². The Bertz CT molecular complexity index is 2690. The molecular weight excluding hydrogens is 866 g/mol. The molecule has 8 rings (SSSR count). The molecule has 0 atom stereocenters. The maximum atomic E-state index is 11.6. The summed E-state index contributed by atoms with van der Waals surface area (Å²) in [5.41, 5.74) is 12.6. The van der Waals surface area contributed by atoms with Gasteiger partial charge >= 0.3 is 0 Å². The smallest absolute Gasteiger partial charge is 0.148 e. The van der Waals surface area contributed by atoms with Gasteiger partial charge in [-0.15, -0.1) is 35.4 Å². The van der Waals surface area contributed by atoms with Crippen molar-refractivity contribution >= 4 is 21.9 Å². The first-order valence-electron chi connectivity index (χ1n) is 19.1. The van der Waals surface area contributed by atoms with Crippen LogP contribution in [0.25, 0.3) is 61.3 Å². The molecule has 284 valence electrons. The van der Waals surface area contributed by atoms with E-state index in [1.165, 1.54) is 11.1 Å². The molecule has 0 spiro atoms. The molecule has 0 aliphatic rings. The fourth-order valence-electron chi connectivity index (χ4n) is 7.60. The summed E-state index contributed by atoms with van der Waals surface area (Å²) in [4.78, 5) is 10.3. The van der Waals surface area contributed by atoms with Gasteiger partial charge in [-0.05, 0) is 74.9 Å². The molecule has 0 saturated heterocycles. The van der Waals surface area contributed by atoms with Crippen LogP contribution in [0.1, 0.15) is 77.6 Å². The summed E-state index contributed by atoms with van der Waals surface area (Å²) in [7, 11) is 0. The molecule has 0 bridgehead atoms. The van der Waals surface area contributed by atoms with Crippen LogP contribution in [-0.4, -0.2) is 19.6 Å². The van der Waals surface area contributed by atoms with Crippen molar-refractivity contribution in [1.82, 2.24) is 14.5 Å². The van der Waals surface area contributed by atoms with Crippen molar-refractivity contribution in [3.05, 3.63) is 168 Å². The summed E-state index contributed by atoms with van der Waals surface area (Å²) >= 11 is 0. The van der Waals surface area contributed by atoms with Gasteiger partial charge < -0.3 is 5.11 Å². The van der Waals surface area contributed by atoms with Gasteiger partial charge in [-0.2, -0.15) is 0 Å². The van der Waals surface area contributed by atoms with Crippen molar-refractivity contribution in [3.63, 3.8) is 0 Å². The average Bonchev–Trinajstić information content (AvgIpc) is 3.56. The largest absolute Gasteiger partial charge is 0.507 e. The van der Waals surface area contributed by atoms with Crippen molar-refractivity contribution in [2.45, 2.75) is 71.6 Å². The first-order valence-corrected chi connectivity index (χ1v) is 19.1. The molecular formula is C51H48N3OPt-. The zero-order valence-electron chi connectivity index (χ0n) is 33.4. The van der Waals surface area contributed by atoms with Crippen LogP contribution in [0.4, 0.5) is 0 Å². The van der Waals surface area contributed by atoms with Gasteiger partial charge in [-0.1, -0.05) is 145 Å². The molecule has 0 aliphatic heterocycles. The molecule has 6 aromatic carbocycles. The van der Waals surface area contributed by atoms with Crippen LogP contribution in [0.2, 0.25) is 0 Å². The first-order chi connectivity index (χ1) is 26.2. The van der Waals surface area contributed by atoms with Crippen molar-refractivity contribution < 1.29 is 26.2 Å². The number of hydrogen-bond donors (Lipinski definition) is 1. The predicted octanol–water partition coefficient (Wildman–Crippen LogP) is 13.0. The number of fused-ring (bicyclic) bond motifs is 2. The summed E-state index contributed by atoms with van der Waals surface area (Å²) in [6.45, 7) is 17.9. The minimum atomic E-state index is -0.346. The van der Waals surface area contributed by atoms with E-state index in [0.29, 0.717) is 11.4 Å². The van der Waals surface area contributed by atoms with Crippen LogP contribution in [0.3, 0.4) is 0 Å². The van der Waals surface area contributed by atoms with Gasteiger partial charge in [0.2, 0.25) is 0 Å². The van der Waals surface area contributed by atoms with Crippen LogP contribution < -0.4 is 0 Å². The van der Waals surface area contributed by atoms with Gasteiger partial charge in [0, 0.05) is 43.9 Å². The van der Waals surface area contributed by atoms with E-state index in [9.17, 15) is 5.11 Å². The Balaban J connectivity index is 0.00000480. The van der Waals surface area contributed by atoms with E-state index in [4.69, 9.17) is 9.97 Å². The van der Waals surface area contributed by atoms with E-state index in [-0.39, 0.29) is 43.1 Å². The maximum absolute atomic E-state index is 11.6. The molecule has 0 fully saturated rings. The number of aromatic nitrogens is 3. The third-order valence-corrected chi connectivity index (χ3v) is 11.1. The van der Waals surface area contributed by atoms with E-state index >= 15 is 0 Å². The van der Waals surface area contributed by atoms with E-state index in [0.717, 1.165) is 61.0 Å². The second-order valence-electron chi connectivity index (χ2n) is 17.3. The predicted molar refractivity (Wildman–Crippen MR) is 229 cm³/mol. The van der Waals surface area contributed by atoms with Crippen LogP contribution in [0.5, 0.6) is 5.75 Å². The van der Waals surface area contributed by atoms with E-state index in [1.54, 1.807) is 0 Å². The Morgan fingerprint density at radius 2 is 1.16 bits per heavy atom. The summed E-state index contributed by atoms with van der Waals surface area (Å²) in [5.74, 6) is 0.881. The molecule has 0 aliphatic carbocycles. The Morgan fingerprint density at radius 3 is 1.86 bits per heavy atom. The number of phenolic OH excluding ortho intramolecular Hbond substituents is 1. The molecule has 0 saturated carbocycles. The minimum Gasteiger partial charge on any atom is -0.507 e. The molecule has 2 heterocycles. The van der Waals surface area contributed by atoms with Gasteiger partial charge in [0.05, 0.1) is 16.6 Å². The number of rotatable bonds is 6. The van der Waals surface area contributed by atoms with Crippen molar-refractivity contribution in [2.75, 3.05) is 0 Å². The molecule has 0 unspecified atom stereocenters. The number of benzene rings is 6. The van der Waals surface area contributed by atoms with Gasteiger partial charge in [-0.3, -0.25) is 9.55 Å². The zero-order valence-corrected chi connectivity index (χ0v) is 35.7. The Hall–Kier alpha value is -5.31. The fraction of sp³-hybridized carbons (Fsp3) is 0.216. The third kappa shape index (κ3) is 7.12. The number of para-hydroxylation sites is 1. The number of aromatic hydroxyl groups is 1. The van der Waals surface area contributed by atoms with Crippen molar-refractivity contribution in [3.8, 4) is 45.1 Å². The Kier molecular flexibility index (Phi) is 10.2. The minimum absolute atomic E-state index is 0. The van der Waals surface area contributed by atoms with Crippen LogP contribution in [-0.2, 0) is 37.3 Å². The number of hydrogen-bond acceptors (Lipinski definition) is 3. The molecule has 56 heavy (non-hydrogen) atoms. The van der Waals surface area contributed by atoms with Gasteiger partial charge in [0.1, 0.15) is 11.6 Å². The van der Waals surface area contributed by atoms with Crippen LogP contribution in [0.15, 0.2) is 140 Å². The van der Waals surface area contributed by atoms with Crippen LogP contribution >= 0.6 is 0 Å². The summed E-state index contributed by atoms with van der Waals surface area (Å²) in [6, 6.07) is 50.5. The maximum Gasteiger partial charge on any atom is 0.148 e. The molecule has 5 heteroatoms. The van der Waals surface area contributed by atoms with Crippen molar-refractivity contribution in [1.29, 1.82) is 0 Å². The molecule has 4 nitrogen and oxygen atoms in total. The van der Waals surface area contributed by atoms with Gasteiger partial charge in [0.25, 0.3) is 0 Å². The van der Waals surface area contributed by atoms with E-state index < -0.39 is 0 Å². The summed E-state index contributed by atoms with van der Waals surface area (Å²) in [6.07, 6.45) is 1.85. The zero-order chi connectivity index (χ0) is 38.7. The number of imidazole rings is 1. The molecule has 0 radical (unpaired) electrons. The summed E-state index contributed by atoms with van der Waals surface area (Å²) in [5, 5.41) is 12.7. The molecule has 2 aromatic heterocycles. The number of nitrogens with zero attached hydrogens (tertiary/aromatic N) is 3. The second-order valence-corrected chi connectivity index (χ2v) is 17.3. The van der Waals surface area contributed by atoms with Crippen LogP contribution in [0, 0.1) is 6.07 Å². The monoisotopic (exact) mass is 913 g/mol. The van der Waals surface area contributed by atoms with Crippen molar-refractivity contribution in [2.24, 2.45) is 0 Å². The van der Waals surface area contributed by atoms with Gasteiger partial charge in [-0.25, -0.2) is 4.98 Å². The fourth-order valence-corrected chi connectivity index (χ4v) is 7.60. The van der Waals surface area contributed by atoms with E-state index in [1.807, 2.05) is 24.4 Å². The average molecular weight is 914 g/mol.